The molecule has 4 rings (SSSR count). The summed E-state index contributed by atoms with van der Waals surface area (Å²) in [6, 6.07) is 24.7. The maximum atomic E-state index is 13.5. The van der Waals surface area contributed by atoms with Crippen LogP contribution in [0, 0.1) is 16.0 Å². The second kappa shape index (κ2) is 12.2. The van der Waals surface area contributed by atoms with E-state index in [1.807, 2.05) is 60.7 Å². The first-order valence-corrected chi connectivity index (χ1v) is 13.5. The molecule has 198 valence electrons. The normalized spacial score (nSPS) is 15.1. The summed E-state index contributed by atoms with van der Waals surface area (Å²) in [4.78, 5) is 38.3. The van der Waals surface area contributed by atoms with E-state index in [0.717, 1.165) is 11.1 Å². The number of thioether (sulfide) groups is 1. The van der Waals surface area contributed by atoms with Crippen molar-refractivity contribution in [2.45, 2.75) is 36.3 Å². The number of non-ortho nitro benzene ring substituents is 1. The molecule has 0 aromatic heterocycles. The van der Waals surface area contributed by atoms with Crippen molar-refractivity contribution in [2.75, 3.05) is 18.8 Å². The molecule has 1 fully saturated rings. The summed E-state index contributed by atoms with van der Waals surface area (Å²) < 4.78 is 0. The SMILES string of the molecule is CC(=O)NC(CSc1cccc([N+](=O)[O-])c1)C(=O)N1CCC(C(O)(c2ccccc2)c2ccccc2)CC1. The highest BCUT2D eigenvalue weighted by Gasteiger charge is 2.42. The third-order valence-electron chi connectivity index (χ3n) is 6.95. The van der Waals surface area contributed by atoms with Crippen molar-refractivity contribution in [1.82, 2.24) is 10.2 Å². The monoisotopic (exact) mass is 533 g/mol. The first-order valence-electron chi connectivity index (χ1n) is 12.6. The van der Waals surface area contributed by atoms with Gasteiger partial charge in [-0.2, -0.15) is 0 Å². The van der Waals surface area contributed by atoms with E-state index in [0.29, 0.717) is 30.8 Å². The Bertz CT molecular complexity index is 1220. The highest BCUT2D eigenvalue weighted by Crippen LogP contribution is 2.42. The van der Waals surface area contributed by atoms with E-state index in [4.69, 9.17) is 0 Å². The van der Waals surface area contributed by atoms with Crippen LogP contribution in [0.3, 0.4) is 0 Å². The molecular formula is C29H31N3O5S. The van der Waals surface area contributed by atoms with Gasteiger partial charge in [0.2, 0.25) is 11.8 Å². The van der Waals surface area contributed by atoms with Crippen LogP contribution in [0.2, 0.25) is 0 Å². The van der Waals surface area contributed by atoms with Crippen LogP contribution in [0.25, 0.3) is 0 Å². The lowest BCUT2D eigenvalue weighted by Gasteiger charge is -2.43. The Labute approximate surface area is 226 Å². The number of carbonyl (C=O) groups excluding carboxylic acids is 2. The zero-order chi connectivity index (χ0) is 27.1. The number of nitrogens with zero attached hydrogens (tertiary/aromatic N) is 2. The molecule has 9 heteroatoms. The quantitative estimate of drug-likeness (QED) is 0.240. The Morgan fingerprint density at radius 1 is 1.03 bits per heavy atom. The zero-order valence-corrected chi connectivity index (χ0v) is 22.0. The highest BCUT2D eigenvalue weighted by atomic mass is 32.2. The maximum absolute atomic E-state index is 13.5. The van der Waals surface area contributed by atoms with Crippen LogP contribution in [-0.2, 0) is 15.2 Å². The van der Waals surface area contributed by atoms with Gasteiger partial charge in [-0.3, -0.25) is 19.7 Å². The summed E-state index contributed by atoms with van der Waals surface area (Å²) in [7, 11) is 0. The molecule has 1 atom stereocenters. The van der Waals surface area contributed by atoms with E-state index in [2.05, 4.69) is 5.32 Å². The fourth-order valence-electron chi connectivity index (χ4n) is 5.05. The molecule has 1 saturated heterocycles. The van der Waals surface area contributed by atoms with Crippen LogP contribution in [0.15, 0.2) is 89.8 Å². The van der Waals surface area contributed by atoms with E-state index in [-0.39, 0.29) is 29.2 Å². The van der Waals surface area contributed by atoms with Crippen molar-refractivity contribution in [3.05, 3.63) is 106 Å². The van der Waals surface area contributed by atoms with Gasteiger partial charge in [-0.1, -0.05) is 66.7 Å². The minimum Gasteiger partial charge on any atom is -0.380 e. The molecular weight excluding hydrogens is 502 g/mol. The van der Waals surface area contributed by atoms with E-state index in [1.54, 1.807) is 17.0 Å². The number of likely N-dealkylation sites (tertiary alicyclic amines) is 1. The lowest BCUT2D eigenvalue weighted by atomic mass is 9.72. The number of aliphatic hydroxyl groups is 1. The molecule has 3 aromatic rings. The predicted molar refractivity (Wildman–Crippen MR) is 147 cm³/mol. The summed E-state index contributed by atoms with van der Waals surface area (Å²) in [5.41, 5.74) is 0.428. The van der Waals surface area contributed by atoms with Crippen molar-refractivity contribution >= 4 is 29.3 Å². The van der Waals surface area contributed by atoms with Crippen LogP contribution in [0.4, 0.5) is 5.69 Å². The van der Waals surface area contributed by atoms with Crippen LogP contribution in [0.5, 0.6) is 0 Å². The molecule has 0 radical (unpaired) electrons. The van der Waals surface area contributed by atoms with Crippen molar-refractivity contribution in [3.63, 3.8) is 0 Å². The number of piperidine rings is 1. The fourth-order valence-corrected chi connectivity index (χ4v) is 6.01. The number of nitro benzene ring substituents is 1. The molecule has 1 unspecified atom stereocenters. The summed E-state index contributed by atoms with van der Waals surface area (Å²) in [5.74, 6) is -0.368. The lowest BCUT2D eigenvalue weighted by molar-refractivity contribution is -0.385. The first kappa shape index (κ1) is 27.3. The van der Waals surface area contributed by atoms with Gasteiger partial charge in [-0.15, -0.1) is 11.8 Å². The van der Waals surface area contributed by atoms with Crippen LogP contribution < -0.4 is 5.32 Å². The Hall–Kier alpha value is -3.69. The molecule has 1 heterocycles. The third kappa shape index (κ3) is 6.23. The van der Waals surface area contributed by atoms with Gasteiger partial charge in [0.1, 0.15) is 11.6 Å². The van der Waals surface area contributed by atoms with Crippen LogP contribution >= 0.6 is 11.8 Å². The third-order valence-corrected chi connectivity index (χ3v) is 8.03. The smallest absolute Gasteiger partial charge is 0.270 e. The van der Waals surface area contributed by atoms with Gasteiger partial charge in [0, 0.05) is 42.8 Å². The van der Waals surface area contributed by atoms with Gasteiger partial charge in [0.15, 0.2) is 0 Å². The summed E-state index contributed by atoms with van der Waals surface area (Å²) >= 11 is 1.29. The van der Waals surface area contributed by atoms with E-state index < -0.39 is 16.6 Å². The van der Waals surface area contributed by atoms with Crippen molar-refractivity contribution in [2.24, 2.45) is 5.92 Å². The zero-order valence-electron chi connectivity index (χ0n) is 21.2. The molecule has 2 amide bonds. The molecule has 0 bridgehead atoms. The number of carbonyl (C=O) groups is 2. The largest absolute Gasteiger partial charge is 0.380 e. The maximum Gasteiger partial charge on any atom is 0.270 e. The molecule has 0 saturated carbocycles. The average Bonchev–Trinajstić information content (AvgIpc) is 2.95. The van der Waals surface area contributed by atoms with Crippen molar-refractivity contribution in [3.8, 4) is 0 Å². The van der Waals surface area contributed by atoms with Gasteiger partial charge in [0.25, 0.3) is 5.69 Å². The van der Waals surface area contributed by atoms with Gasteiger partial charge in [-0.05, 0) is 36.0 Å². The molecule has 3 aromatic carbocycles. The molecule has 0 spiro atoms. The minimum atomic E-state index is -1.19. The second-order valence-corrected chi connectivity index (χ2v) is 10.5. The van der Waals surface area contributed by atoms with Crippen LogP contribution in [0.1, 0.15) is 30.9 Å². The Kier molecular flexibility index (Phi) is 8.81. The van der Waals surface area contributed by atoms with Crippen molar-refractivity contribution < 1.29 is 19.6 Å². The second-order valence-electron chi connectivity index (χ2n) is 9.42. The topological polar surface area (TPSA) is 113 Å². The van der Waals surface area contributed by atoms with E-state index >= 15 is 0 Å². The first-order chi connectivity index (χ1) is 18.3. The average molecular weight is 534 g/mol. The van der Waals surface area contributed by atoms with Crippen molar-refractivity contribution in [1.29, 1.82) is 0 Å². The summed E-state index contributed by atoms with van der Waals surface area (Å²) in [6.07, 6.45) is 1.19. The Balaban J connectivity index is 1.47. The Morgan fingerprint density at radius 3 is 2.13 bits per heavy atom. The molecule has 38 heavy (non-hydrogen) atoms. The van der Waals surface area contributed by atoms with Crippen LogP contribution in [-0.4, -0.2) is 51.6 Å². The van der Waals surface area contributed by atoms with E-state index in [1.165, 1.54) is 30.8 Å². The van der Waals surface area contributed by atoms with Gasteiger partial charge in [0.05, 0.1) is 4.92 Å². The number of hydrogen-bond acceptors (Lipinski definition) is 6. The number of benzene rings is 3. The molecule has 1 aliphatic rings. The summed E-state index contributed by atoms with van der Waals surface area (Å²) in [6.45, 7) is 2.26. The molecule has 2 N–H and O–H groups in total. The molecule has 0 aliphatic carbocycles. The number of rotatable bonds is 9. The van der Waals surface area contributed by atoms with Gasteiger partial charge in [-0.25, -0.2) is 0 Å². The fraction of sp³-hybridized carbons (Fsp3) is 0.310. The minimum absolute atomic E-state index is 0.0243. The number of nitrogens with one attached hydrogen (secondary N) is 1. The van der Waals surface area contributed by atoms with E-state index in [9.17, 15) is 24.8 Å². The number of hydrogen-bond donors (Lipinski definition) is 2. The summed E-state index contributed by atoms with van der Waals surface area (Å²) in [5, 5.41) is 25.9. The number of amides is 2. The van der Waals surface area contributed by atoms with Gasteiger partial charge >= 0.3 is 0 Å². The molecule has 8 nitrogen and oxygen atoms in total. The Morgan fingerprint density at radius 2 is 1.61 bits per heavy atom. The molecule has 1 aliphatic heterocycles. The predicted octanol–water partition coefficient (Wildman–Crippen LogP) is 4.37. The lowest BCUT2D eigenvalue weighted by Crippen LogP contribution is -2.53. The van der Waals surface area contributed by atoms with Gasteiger partial charge < -0.3 is 15.3 Å². The highest BCUT2D eigenvalue weighted by molar-refractivity contribution is 7.99. The number of nitro groups is 1. The standard InChI is InChI=1S/C29H31N3O5S/c1-21(33)30-27(20-38-26-14-8-13-25(19-26)32(36)37)28(34)31-17-15-24(16-18-31)29(35,22-9-4-2-5-10-22)23-11-6-3-7-12-23/h2-14,19,24,27,35H,15-18,20H2,1H3,(H,30,33).